The number of ether oxygens (including phenoxy) is 1. The lowest BCUT2D eigenvalue weighted by atomic mass is 10.1. The summed E-state index contributed by atoms with van der Waals surface area (Å²) in [6.45, 7) is 8.74. The molecular formula is C33H38F3N7O2. The minimum absolute atomic E-state index is 0.0841. The number of likely N-dealkylation sites (N-methyl/N-ethyl adjacent to an activating group) is 1. The third-order valence-electron chi connectivity index (χ3n) is 7.91. The molecule has 1 fully saturated rings. The smallest absolute Gasteiger partial charge is 0.388 e. The minimum atomic E-state index is -4.54. The number of anilines is 3. The van der Waals surface area contributed by atoms with Gasteiger partial charge in [0.2, 0.25) is 0 Å². The Hall–Kier alpha value is -4.42. The van der Waals surface area contributed by atoms with Crippen LogP contribution in [0.3, 0.4) is 0 Å². The molecule has 3 aromatic rings. The lowest BCUT2D eigenvalue weighted by Gasteiger charge is -2.26. The topological polar surface area (TPSA) is 95.8 Å². The van der Waals surface area contributed by atoms with Crippen molar-refractivity contribution in [3.8, 4) is 0 Å². The van der Waals surface area contributed by atoms with Gasteiger partial charge in [-0.1, -0.05) is 19.1 Å². The summed E-state index contributed by atoms with van der Waals surface area (Å²) in [7, 11) is 1.90. The van der Waals surface area contributed by atoms with Crippen molar-refractivity contribution in [2.75, 3.05) is 50.5 Å². The fraction of sp³-hybridized carbons (Fsp3) is 0.364. The molecule has 1 amide bonds. The molecule has 1 saturated heterocycles. The highest BCUT2D eigenvalue weighted by atomic mass is 19.4. The van der Waals surface area contributed by atoms with Gasteiger partial charge in [0.15, 0.2) is 5.82 Å². The highest BCUT2D eigenvalue weighted by Crippen LogP contribution is 2.33. The zero-order valence-corrected chi connectivity index (χ0v) is 25.7. The number of nitrogens with zero attached hydrogens (tertiary/aromatic N) is 4. The summed E-state index contributed by atoms with van der Waals surface area (Å²) in [4.78, 5) is 20.0. The molecule has 238 valence electrons. The van der Waals surface area contributed by atoms with Crippen LogP contribution in [-0.2, 0) is 17.5 Å². The number of hydrogen-bond donors (Lipinski definition) is 3. The standard InChI is InChI=1S/C33H38F3N7O2/c1-4-23-10-11-38-30(20-29(23)37-3)27-21-43(13-12-42-14-16-45-17-15-42)41-31(27)40-28-19-26(9-8-22(28)2)39-32(44)24-6-5-7-25(18-24)33(34,35)36/h5-9,11,18-21,37H,4,10,12-17H2,1-3H3,(H,39,44)(H,40,41). The number of hydrogen-bond acceptors (Lipinski definition) is 7. The Kier molecular flexibility index (Phi) is 10.0. The monoisotopic (exact) mass is 621 g/mol. The highest BCUT2D eigenvalue weighted by Gasteiger charge is 2.31. The van der Waals surface area contributed by atoms with Gasteiger partial charge < -0.3 is 20.7 Å². The van der Waals surface area contributed by atoms with Crippen LogP contribution >= 0.6 is 0 Å². The predicted octanol–water partition coefficient (Wildman–Crippen LogP) is 6.24. The first-order valence-electron chi connectivity index (χ1n) is 15.0. The highest BCUT2D eigenvalue weighted by molar-refractivity contribution is 6.04. The van der Waals surface area contributed by atoms with Gasteiger partial charge in [-0.25, -0.2) is 0 Å². The van der Waals surface area contributed by atoms with Gasteiger partial charge in [0.05, 0.1) is 36.6 Å². The predicted molar refractivity (Wildman–Crippen MR) is 171 cm³/mol. The van der Waals surface area contributed by atoms with Gasteiger partial charge in [0, 0.05) is 68.1 Å². The van der Waals surface area contributed by atoms with E-state index in [1.807, 2.05) is 43.2 Å². The van der Waals surface area contributed by atoms with Crippen molar-refractivity contribution in [2.45, 2.75) is 39.4 Å². The zero-order valence-electron chi connectivity index (χ0n) is 25.7. The first kappa shape index (κ1) is 32.0. The molecule has 3 heterocycles. The van der Waals surface area contributed by atoms with Gasteiger partial charge in [-0.2, -0.15) is 18.3 Å². The molecular weight excluding hydrogens is 583 g/mol. The van der Waals surface area contributed by atoms with E-state index < -0.39 is 17.6 Å². The molecule has 1 aromatic heterocycles. The normalized spacial score (nSPS) is 15.9. The first-order chi connectivity index (χ1) is 21.6. The van der Waals surface area contributed by atoms with Crippen LogP contribution in [0.2, 0.25) is 0 Å². The van der Waals surface area contributed by atoms with E-state index in [4.69, 9.17) is 14.8 Å². The average molecular weight is 622 g/mol. The molecule has 9 nitrogen and oxygen atoms in total. The van der Waals surface area contributed by atoms with Crippen LogP contribution in [0.25, 0.3) is 5.70 Å². The number of benzene rings is 2. The Bertz CT molecular complexity index is 1620. The lowest BCUT2D eigenvalue weighted by Crippen LogP contribution is -2.38. The molecule has 12 heteroatoms. The lowest BCUT2D eigenvalue weighted by molar-refractivity contribution is -0.137. The molecule has 2 aromatic carbocycles. The van der Waals surface area contributed by atoms with E-state index in [9.17, 15) is 18.0 Å². The molecule has 0 aliphatic carbocycles. The Morgan fingerprint density at radius 2 is 1.89 bits per heavy atom. The maximum Gasteiger partial charge on any atom is 0.416 e. The van der Waals surface area contributed by atoms with Gasteiger partial charge in [-0.3, -0.25) is 19.4 Å². The summed E-state index contributed by atoms with van der Waals surface area (Å²) < 4.78 is 47.0. The maximum absolute atomic E-state index is 13.2. The molecule has 0 spiro atoms. The van der Waals surface area contributed by atoms with Crippen LogP contribution in [0.5, 0.6) is 0 Å². The number of carbonyl (C=O) groups is 1. The second-order valence-electron chi connectivity index (χ2n) is 11.0. The molecule has 5 rings (SSSR count). The fourth-order valence-corrected chi connectivity index (χ4v) is 5.26. The summed E-state index contributed by atoms with van der Waals surface area (Å²) in [5, 5.41) is 14.4. The van der Waals surface area contributed by atoms with E-state index in [1.54, 1.807) is 12.1 Å². The number of allylic oxidation sites excluding steroid dienone is 2. The quantitative estimate of drug-likeness (QED) is 0.248. The molecule has 0 unspecified atom stereocenters. The summed E-state index contributed by atoms with van der Waals surface area (Å²) in [5.74, 6) is -0.0414. The van der Waals surface area contributed by atoms with Crippen molar-refractivity contribution in [3.05, 3.63) is 88.3 Å². The largest absolute Gasteiger partial charge is 0.416 e. The van der Waals surface area contributed by atoms with Crippen molar-refractivity contribution < 1.29 is 22.7 Å². The van der Waals surface area contributed by atoms with Crippen molar-refractivity contribution in [1.29, 1.82) is 0 Å². The number of alkyl halides is 3. The number of carbonyl (C=O) groups excluding carboxylic acids is 1. The van der Waals surface area contributed by atoms with Gasteiger partial charge in [-0.15, -0.1) is 0 Å². The number of amides is 1. The average Bonchev–Trinajstić information content (AvgIpc) is 3.31. The third-order valence-corrected chi connectivity index (χ3v) is 7.91. The van der Waals surface area contributed by atoms with E-state index in [-0.39, 0.29) is 5.56 Å². The van der Waals surface area contributed by atoms with E-state index in [1.165, 1.54) is 17.7 Å². The van der Waals surface area contributed by atoms with Crippen molar-refractivity contribution in [1.82, 2.24) is 20.0 Å². The molecule has 0 bridgehead atoms. The van der Waals surface area contributed by atoms with Crippen molar-refractivity contribution in [2.24, 2.45) is 4.99 Å². The molecule has 0 radical (unpaired) electrons. The molecule has 45 heavy (non-hydrogen) atoms. The number of aromatic nitrogens is 2. The summed E-state index contributed by atoms with van der Waals surface area (Å²) >= 11 is 0. The van der Waals surface area contributed by atoms with Crippen LogP contribution in [0, 0.1) is 6.92 Å². The van der Waals surface area contributed by atoms with Crippen LogP contribution in [0.1, 0.15) is 46.8 Å². The van der Waals surface area contributed by atoms with Crippen LogP contribution < -0.4 is 16.0 Å². The van der Waals surface area contributed by atoms with E-state index >= 15 is 0 Å². The molecule has 2 aliphatic heterocycles. The minimum Gasteiger partial charge on any atom is -0.388 e. The number of rotatable bonds is 10. The second kappa shape index (κ2) is 14.1. The number of nitrogens with one attached hydrogen (secondary N) is 3. The second-order valence-corrected chi connectivity index (χ2v) is 11.0. The summed E-state index contributed by atoms with van der Waals surface area (Å²) in [6.07, 6.45) is 3.04. The number of aryl methyl sites for hydroxylation is 1. The maximum atomic E-state index is 13.2. The van der Waals surface area contributed by atoms with E-state index in [0.717, 1.165) is 80.3 Å². The van der Waals surface area contributed by atoms with Crippen LogP contribution in [0.4, 0.5) is 30.4 Å². The molecule has 3 N–H and O–H groups in total. The summed E-state index contributed by atoms with van der Waals surface area (Å²) in [6, 6.07) is 9.65. The Labute approximate surface area is 260 Å². The van der Waals surface area contributed by atoms with E-state index in [2.05, 4.69) is 27.8 Å². The van der Waals surface area contributed by atoms with Crippen molar-refractivity contribution >= 4 is 35.0 Å². The number of aliphatic imine (C=N–C) groups is 1. The molecule has 0 atom stereocenters. The Balaban J connectivity index is 1.43. The van der Waals surface area contributed by atoms with Gasteiger partial charge in [-0.05, 0) is 60.9 Å². The van der Waals surface area contributed by atoms with Crippen molar-refractivity contribution in [3.63, 3.8) is 0 Å². The molecule has 0 saturated carbocycles. The van der Waals surface area contributed by atoms with Gasteiger partial charge >= 0.3 is 6.18 Å². The third kappa shape index (κ3) is 8.00. The zero-order chi connectivity index (χ0) is 32.0. The number of halogens is 3. The summed E-state index contributed by atoms with van der Waals surface area (Å²) in [5.41, 5.74) is 4.90. The fourth-order valence-electron chi connectivity index (χ4n) is 5.26. The first-order valence-corrected chi connectivity index (χ1v) is 15.0. The Morgan fingerprint density at radius 3 is 2.62 bits per heavy atom. The van der Waals surface area contributed by atoms with Crippen LogP contribution in [-0.4, -0.2) is 66.7 Å². The molecule has 2 aliphatic rings. The number of morpholine rings is 1. The van der Waals surface area contributed by atoms with E-state index in [0.29, 0.717) is 23.7 Å². The SMILES string of the molecule is CCC1=C(NC)C=C(c2cn(CCN3CCOCC3)nc2Nc2cc(NC(=O)c3cccc(C(F)(F)F)c3)ccc2C)N=CC1. The van der Waals surface area contributed by atoms with Gasteiger partial charge in [0.25, 0.3) is 5.91 Å². The van der Waals surface area contributed by atoms with Crippen LogP contribution in [0.15, 0.2) is 71.0 Å². The Morgan fingerprint density at radius 1 is 1.09 bits per heavy atom. The van der Waals surface area contributed by atoms with Gasteiger partial charge in [0.1, 0.15) is 0 Å².